The third-order valence-electron chi connectivity index (χ3n) is 9.47. The SMILES string of the molecule is CN1CCCC/C=C\[C@@H]2CC2NC(=O)N2CCC[C@H]2C1=O.COc1ccc2c(=O)cc(-c3nc(C(C)C)cs3)[nH]c2c1Cl.O=CNS(=O)(=O)C1CC1. The molecule has 3 fully saturated rings. The number of sulfonamides is 1. The molecule has 2 aliphatic heterocycles. The Morgan fingerprint density at radius 1 is 1.12 bits per heavy atom. The van der Waals surface area contributed by atoms with E-state index in [-0.39, 0.29) is 41.1 Å². The van der Waals surface area contributed by atoms with Crippen LogP contribution in [-0.4, -0.2) is 91.1 Å². The fraction of sp³-hybridized carbons (Fsp3) is 0.528. The highest BCUT2D eigenvalue weighted by Crippen LogP contribution is 2.34. The molecule has 1 unspecified atom stereocenters. The van der Waals surface area contributed by atoms with Crippen LogP contribution in [0, 0.1) is 5.92 Å². The number of ether oxygens (including phenoxy) is 1. The second-order valence-electron chi connectivity index (χ2n) is 13.8. The number of fused-ring (bicyclic) bond motifs is 3. The number of nitrogens with zero attached hydrogens (tertiary/aromatic N) is 3. The molecule has 0 radical (unpaired) electrons. The van der Waals surface area contributed by atoms with Crippen molar-refractivity contribution in [3.8, 4) is 16.5 Å². The van der Waals surface area contributed by atoms with Crippen LogP contribution in [-0.2, 0) is 19.6 Å². The van der Waals surface area contributed by atoms with Crippen LogP contribution >= 0.6 is 22.9 Å². The van der Waals surface area contributed by atoms with Crippen molar-refractivity contribution in [1.29, 1.82) is 0 Å². The number of likely N-dealkylation sites (N-methyl/N-ethyl adjacent to an activating group) is 1. The molecule has 2 aliphatic carbocycles. The van der Waals surface area contributed by atoms with Crippen LogP contribution in [0.2, 0.25) is 5.02 Å². The highest BCUT2D eigenvalue weighted by molar-refractivity contribution is 7.90. The second-order valence-corrected chi connectivity index (χ2v) is 17.0. The van der Waals surface area contributed by atoms with Crippen LogP contribution in [0.5, 0.6) is 5.75 Å². The lowest BCUT2D eigenvalue weighted by molar-refractivity contribution is -0.133. The lowest BCUT2D eigenvalue weighted by Gasteiger charge is -2.28. The van der Waals surface area contributed by atoms with Gasteiger partial charge in [0.05, 0.1) is 29.3 Å². The Kier molecular flexibility index (Phi) is 13.0. The van der Waals surface area contributed by atoms with Crippen molar-refractivity contribution in [2.24, 2.45) is 5.92 Å². The van der Waals surface area contributed by atoms with Crippen LogP contribution in [0.1, 0.15) is 76.8 Å². The molecule has 1 aromatic carbocycles. The van der Waals surface area contributed by atoms with Gasteiger partial charge in [-0.3, -0.25) is 19.1 Å². The van der Waals surface area contributed by atoms with Gasteiger partial charge < -0.3 is 24.8 Å². The summed E-state index contributed by atoms with van der Waals surface area (Å²) >= 11 is 7.83. The van der Waals surface area contributed by atoms with E-state index in [1.165, 1.54) is 11.3 Å². The molecule has 3 atom stereocenters. The number of amides is 4. The predicted octanol–water partition coefficient (Wildman–Crippen LogP) is 5.41. The zero-order valence-electron chi connectivity index (χ0n) is 29.9. The third-order valence-corrected chi connectivity index (χ3v) is 12.5. The molecule has 3 aromatic rings. The number of aromatic amines is 1. The summed E-state index contributed by atoms with van der Waals surface area (Å²) in [7, 11) is 0.148. The molecule has 4 amide bonds. The number of rotatable bonds is 6. The summed E-state index contributed by atoms with van der Waals surface area (Å²) < 4.78 is 28.3. The van der Waals surface area contributed by atoms with E-state index in [0.29, 0.717) is 58.6 Å². The number of nitrogens with one attached hydrogen (secondary N) is 3. The number of aromatic nitrogens is 2. The first kappa shape index (κ1) is 39.3. The average Bonchev–Trinajstić information content (AvgIpc) is 3.99. The minimum absolute atomic E-state index is 0.0581. The van der Waals surface area contributed by atoms with Gasteiger partial charge in [0.15, 0.2) is 5.43 Å². The molecule has 2 aromatic heterocycles. The van der Waals surface area contributed by atoms with Crippen LogP contribution < -0.4 is 20.2 Å². The molecule has 13 nitrogen and oxygen atoms in total. The van der Waals surface area contributed by atoms with Crippen LogP contribution in [0.25, 0.3) is 21.6 Å². The Morgan fingerprint density at radius 2 is 1.88 bits per heavy atom. The quantitative estimate of drug-likeness (QED) is 0.221. The number of H-pyrrole nitrogens is 1. The molecule has 4 heterocycles. The van der Waals surface area contributed by atoms with Crippen LogP contribution in [0.4, 0.5) is 4.79 Å². The van der Waals surface area contributed by atoms with Crippen molar-refractivity contribution in [2.75, 3.05) is 27.2 Å². The second kappa shape index (κ2) is 17.3. The number of carbonyl (C=O) groups excluding carboxylic acids is 3. The number of hydrogen-bond donors (Lipinski definition) is 3. The largest absolute Gasteiger partial charge is 0.495 e. The maximum absolute atomic E-state index is 12.5. The molecule has 1 saturated heterocycles. The third kappa shape index (κ3) is 9.72. The van der Waals surface area contributed by atoms with Crippen molar-refractivity contribution in [1.82, 2.24) is 29.8 Å². The van der Waals surface area contributed by atoms with Crippen molar-refractivity contribution in [2.45, 2.75) is 88.5 Å². The standard InChI is InChI=1S/C16H15ClN2O2S.C16H25N3O2.C4H7NO3S/c1-8(2)11-7-22-16(19-11)10-6-12(20)9-4-5-13(21-3)14(17)15(9)18-10;1-18-9-5-3-2-4-7-12-11-13(12)17-16(21)19-10-6-8-14(19)15(18)20;6-3-5-9(7,8)4-1-2-4/h4-8H,1-3H3,(H,18,20);4,7,12-14H,2-3,5-6,8-11H2,1H3,(H,17,21);3-4H,1-2H2,(H,5,6)/b;7-4-;/t;12-,13?,14+;/m.1./s1. The van der Waals surface area contributed by atoms with Gasteiger partial charge in [-0.05, 0) is 75.3 Å². The summed E-state index contributed by atoms with van der Waals surface area (Å²) in [5, 5.41) is 6.51. The maximum Gasteiger partial charge on any atom is 0.318 e. The fourth-order valence-corrected chi connectivity index (χ4v) is 8.43. The Labute approximate surface area is 313 Å². The van der Waals surface area contributed by atoms with Gasteiger partial charge in [-0.2, -0.15) is 0 Å². The van der Waals surface area contributed by atoms with Crippen LogP contribution in [0.3, 0.4) is 0 Å². The molecule has 0 spiro atoms. The van der Waals surface area contributed by atoms with Crippen LogP contribution in [0.15, 0.2) is 40.5 Å². The summed E-state index contributed by atoms with van der Waals surface area (Å²) in [6.45, 7) is 5.65. The number of urea groups is 1. The number of allylic oxidation sites excluding steroid dienone is 1. The summed E-state index contributed by atoms with van der Waals surface area (Å²) in [5.41, 5.74) is 2.17. The molecule has 7 rings (SSSR count). The molecule has 0 bridgehead atoms. The minimum atomic E-state index is -3.26. The lowest BCUT2D eigenvalue weighted by atomic mass is 10.1. The van der Waals surface area contributed by atoms with Gasteiger partial charge in [0.25, 0.3) is 0 Å². The van der Waals surface area contributed by atoms with Gasteiger partial charge >= 0.3 is 6.03 Å². The van der Waals surface area contributed by atoms with Crippen molar-refractivity contribution < 1.29 is 27.5 Å². The molecule has 4 aliphatic rings. The zero-order chi connectivity index (χ0) is 37.6. The summed E-state index contributed by atoms with van der Waals surface area (Å²) in [6.07, 6.45) is 12.0. The van der Waals surface area contributed by atoms with E-state index in [2.05, 4.69) is 41.3 Å². The van der Waals surface area contributed by atoms with Crippen molar-refractivity contribution in [3.63, 3.8) is 0 Å². The van der Waals surface area contributed by atoms with E-state index in [0.717, 1.165) is 55.8 Å². The zero-order valence-corrected chi connectivity index (χ0v) is 32.3. The molecule has 16 heteroatoms. The topological polar surface area (TPSA) is 171 Å². The van der Waals surface area contributed by atoms with Gasteiger partial charge in [-0.25, -0.2) is 18.2 Å². The van der Waals surface area contributed by atoms with E-state index in [1.807, 2.05) is 12.4 Å². The van der Waals surface area contributed by atoms with E-state index in [9.17, 15) is 27.6 Å². The summed E-state index contributed by atoms with van der Waals surface area (Å²) in [5.74, 6) is 1.48. The normalized spacial score (nSPS) is 22.5. The molecule has 52 heavy (non-hydrogen) atoms. The highest BCUT2D eigenvalue weighted by atomic mass is 35.5. The molecule has 2 saturated carbocycles. The average molecular weight is 775 g/mol. The lowest BCUT2D eigenvalue weighted by Crippen LogP contribution is -2.50. The fourth-order valence-electron chi connectivity index (χ4n) is 6.10. The Balaban J connectivity index is 0.000000163. The first-order valence-corrected chi connectivity index (χ1v) is 20.4. The number of benzene rings is 1. The van der Waals surface area contributed by atoms with Gasteiger partial charge in [-0.15, -0.1) is 11.3 Å². The summed E-state index contributed by atoms with van der Waals surface area (Å²) in [6, 6.07) is 4.92. The monoisotopic (exact) mass is 774 g/mol. The van der Waals surface area contributed by atoms with Crippen molar-refractivity contribution in [3.05, 3.63) is 56.7 Å². The van der Waals surface area contributed by atoms with Gasteiger partial charge in [0, 0.05) is 43.0 Å². The molecular weight excluding hydrogens is 728 g/mol. The van der Waals surface area contributed by atoms with Gasteiger partial charge in [-0.1, -0.05) is 37.6 Å². The first-order valence-electron chi connectivity index (χ1n) is 17.6. The number of hydrogen-bond acceptors (Lipinski definition) is 9. The Morgan fingerprint density at radius 3 is 2.56 bits per heavy atom. The summed E-state index contributed by atoms with van der Waals surface area (Å²) in [4.78, 5) is 58.2. The van der Waals surface area contributed by atoms with E-state index in [1.54, 1.807) is 39.8 Å². The number of carbonyl (C=O) groups is 3. The number of thiazole rings is 1. The van der Waals surface area contributed by atoms with E-state index in [4.69, 9.17) is 16.3 Å². The van der Waals surface area contributed by atoms with E-state index < -0.39 is 10.0 Å². The smallest absolute Gasteiger partial charge is 0.318 e. The van der Waals surface area contributed by atoms with Gasteiger partial charge in [0.1, 0.15) is 21.8 Å². The Hall–Kier alpha value is -3.95. The maximum atomic E-state index is 12.5. The Bertz CT molecular complexity index is 1960. The highest BCUT2D eigenvalue weighted by Gasteiger charge is 2.41. The predicted molar refractivity (Wildman–Crippen MR) is 203 cm³/mol. The number of pyridine rings is 1. The van der Waals surface area contributed by atoms with Gasteiger partial charge in [0.2, 0.25) is 22.3 Å². The number of halogens is 1. The minimum Gasteiger partial charge on any atom is -0.495 e. The first-order chi connectivity index (χ1) is 24.8. The molecule has 282 valence electrons. The molecule has 3 N–H and O–H groups in total. The number of methoxy groups -OCH3 is 1. The molecular formula is C36H47ClN6O7S2. The van der Waals surface area contributed by atoms with E-state index >= 15 is 0 Å². The van der Waals surface area contributed by atoms with Crippen molar-refractivity contribution >= 4 is 62.2 Å².